The maximum Gasteiger partial charge on any atom is 0.335 e. The van der Waals surface area contributed by atoms with Crippen molar-refractivity contribution in [1.29, 1.82) is 0 Å². The normalized spacial score (nSPS) is 13.4. The Morgan fingerprint density at radius 3 is 2.40 bits per heavy atom. The van der Waals surface area contributed by atoms with Crippen LogP contribution in [0.4, 0.5) is 0 Å². The number of hydrogen-bond acceptors (Lipinski definition) is 6. The first-order chi connectivity index (χ1) is 6.72. The molecule has 0 amide bonds. The highest BCUT2D eigenvalue weighted by atomic mass is 16.7. The lowest BCUT2D eigenvalue weighted by molar-refractivity contribution is -0.315. The summed E-state index contributed by atoms with van der Waals surface area (Å²) in [6.07, 6.45) is -1.58. The third-order valence-electron chi connectivity index (χ3n) is 1.55. The number of aliphatic hydroxyl groups excluding tert-OH is 1. The van der Waals surface area contributed by atoms with Crippen LogP contribution in [0.2, 0.25) is 0 Å². The molecule has 88 valence electrons. The smallest absolute Gasteiger partial charge is 0.335 e. The van der Waals surface area contributed by atoms with Crippen molar-refractivity contribution in [1.82, 2.24) is 0 Å². The third kappa shape index (κ3) is 8.07. The van der Waals surface area contributed by atoms with E-state index in [-0.39, 0.29) is 24.8 Å². The summed E-state index contributed by atoms with van der Waals surface area (Å²) < 4.78 is 4.50. The molecule has 0 radical (unpaired) electrons. The second kappa shape index (κ2) is 5.82. The van der Waals surface area contributed by atoms with Crippen LogP contribution in [0.1, 0.15) is 26.2 Å². The average Bonchev–Trinajstić information content (AvgIpc) is 2.01. The maximum absolute atomic E-state index is 10.9. The van der Waals surface area contributed by atoms with Crippen LogP contribution in [0.25, 0.3) is 0 Å². The fourth-order valence-corrected chi connectivity index (χ4v) is 0.797. The van der Waals surface area contributed by atoms with Crippen LogP contribution >= 0.6 is 0 Å². The van der Waals surface area contributed by atoms with Gasteiger partial charge in [-0.3, -0.25) is 0 Å². The number of hydrogen-bond donors (Lipinski definition) is 4. The number of carbonyl (C=O) groups excluding carboxylic acids is 1. The van der Waals surface area contributed by atoms with Gasteiger partial charge in [-0.05, 0) is 13.3 Å². The zero-order chi connectivity index (χ0) is 12.1. The topological polar surface area (TPSA) is 107 Å². The minimum Gasteiger partial charge on any atom is -0.433 e. The fraction of sp³-hybridized carbons (Fsp3) is 0.667. The monoisotopic (exact) mass is 220 g/mol. The van der Waals surface area contributed by atoms with E-state index < -0.39 is 18.2 Å². The molecule has 0 aliphatic heterocycles. The first kappa shape index (κ1) is 14.1. The van der Waals surface area contributed by atoms with E-state index in [0.717, 1.165) is 0 Å². The fourth-order valence-electron chi connectivity index (χ4n) is 0.797. The standard InChI is InChI=1S/C9H16O6/c1-6(2)8(11)15-7(10)4-3-5-9(12,13)14/h7,10,12-14H,1,3-5H2,2H3. The van der Waals surface area contributed by atoms with Gasteiger partial charge in [0.05, 0.1) is 0 Å². The van der Waals surface area contributed by atoms with E-state index in [0.29, 0.717) is 0 Å². The first-order valence-electron chi connectivity index (χ1n) is 4.44. The quantitative estimate of drug-likeness (QED) is 0.266. The average molecular weight is 220 g/mol. The molecule has 0 heterocycles. The predicted molar refractivity (Wildman–Crippen MR) is 50.2 cm³/mol. The molecule has 6 nitrogen and oxygen atoms in total. The van der Waals surface area contributed by atoms with Crippen LogP contribution in [0.5, 0.6) is 0 Å². The van der Waals surface area contributed by atoms with E-state index in [4.69, 9.17) is 20.4 Å². The zero-order valence-corrected chi connectivity index (χ0v) is 8.51. The molecule has 0 aromatic carbocycles. The highest BCUT2D eigenvalue weighted by Gasteiger charge is 2.19. The summed E-state index contributed by atoms with van der Waals surface area (Å²) in [4.78, 5) is 10.9. The van der Waals surface area contributed by atoms with E-state index in [1.54, 1.807) is 0 Å². The number of aliphatic hydroxyl groups is 4. The Morgan fingerprint density at radius 1 is 1.47 bits per heavy atom. The molecule has 15 heavy (non-hydrogen) atoms. The van der Waals surface area contributed by atoms with Crippen molar-refractivity contribution in [2.75, 3.05) is 0 Å². The van der Waals surface area contributed by atoms with Crippen molar-refractivity contribution in [3.63, 3.8) is 0 Å². The number of carbonyl (C=O) groups is 1. The Bertz CT molecular complexity index is 229. The lowest BCUT2D eigenvalue weighted by Crippen LogP contribution is -2.27. The van der Waals surface area contributed by atoms with Gasteiger partial charge >= 0.3 is 5.97 Å². The highest BCUT2D eigenvalue weighted by Crippen LogP contribution is 2.10. The molecule has 0 rings (SSSR count). The number of ether oxygens (including phenoxy) is 1. The largest absolute Gasteiger partial charge is 0.433 e. The van der Waals surface area contributed by atoms with Crippen LogP contribution in [-0.2, 0) is 9.53 Å². The summed E-state index contributed by atoms with van der Waals surface area (Å²) in [6.45, 7) is 4.76. The van der Waals surface area contributed by atoms with Crippen LogP contribution in [0, 0.1) is 0 Å². The Balaban J connectivity index is 3.71. The van der Waals surface area contributed by atoms with E-state index >= 15 is 0 Å². The van der Waals surface area contributed by atoms with Crippen molar-refractivity contribution in [2.24, 2.45) is 0 Å². The summed E-state index contributed by atoms with van der Waals surface area (Å²) in [5, 5.41) is 34.7. The Kier molecular flexibility index (Phi) is 5.45. The molecule has 0 fully saturated rings. The number of rotatable bonds is 6. The van der Waals surface area contributed by atoms with Crippen LogP contribution in [0.3, 0.4) is 0 Å². The van der Waals surface area contributed by atoms with Crippen molar-refractivity contribution >= 4 is 5.97 Å². The zero-order valence-electron chi connectivity index (χ0n) is 8.51. The molecule has 0 aromatic heterocycles. The summed E-state index contributed by atoms with van der Waals surface area (Å²) >= 11 is 0. The molecular weight excluding hydrogens is 204 g/mol. The molecule has 4 N–H and O–H groups in total. The molecule has 0 aromatic rings. The molecule has 1 unspecified atom stereocenters. The predicted octanol–water partition coefficient (Wildman–Crippen LogP) is -0.775. The van der Waals surface area contributed by atoms with Gasteiger partial charge in [-0.25, -0.2) is 4.79 Å². The second-order valence-electron chi connectivity index (χ2n) is 3.31. The molecule has 0 aliphatic rings. The first-order valence-corrected chi connectivity index (χ1v) is 4.44. The SMILES string of the molecule is C=C(C)C(=O)OC(O)CCCC(O)(O)O. The summed E-state index contributed by atoms with van der Waals surface area (Å²) in [6, 6.07) is 0. The van der Waals surface area contributed by atoms with Crippen LogP contribution < -0.4 is 0 Å². The van der Waals surface area contributed by atoms with E-state index in [9.17, 15) is 4.79 Å². The summed E-state index contributed by atoms with van der Waals surface area (Å²) in [5.41, 5.74) is 0.162. The lowest BCUT2D eigenvalue weighted by atomic mass is 10.2. The lowest BCUT2D eigenvalue weighted by Gasteiger charge is -2.15. The molecule has 0 aliphatic carbocycles. The van der Waals surface area contributed by atoms with Crippen molar-refractivity contribution < 1.29 is 30.0 Å². The molecule has 1 atom stereocenters. The summed E-state index contributed by atoms with van der Waals surface area (Å²) in [5.74, 6) is -3.47. The van der Waals surface area contributed by atoms with Crippen molar-refractivity contribution in [3.05, 3.63) is 12.2 Å². The summed E-state index contributed by atoms with van der Waals surface area (Å²) in [7, 11) is 0. The minimum atomic E-state index is -2.75. The van der Waals surface area contributed by atoms with Gasteiger partial charge < -0.3 is 25.2 Å². The van der Waals surface area contributed by atoms with E-state index in [2.05, 4.69) is 11.3 Å². The Labute approximate surface area is 87.4 Å². The van der Waals surface area contributed by atoms with Gasteiger partial charge in [0.15, 0.2) is 0 Å². The second-order valence-corrected chi connectivity index (χ2v) is 3.31. The highest BCUT2D eigenvalue weighted by molar-refractivity contribution is 5.86. The van der Waals surface area contributed by atoms with E-state index in [1.165, 1.54) is 6.92 Å². The van der Waals surface area contributed by atoms with E-state index in [1.807, 2.05) is 0 Å². The third-order valence-corrected chi connectivity index (χ3v) is 1.55. The van der Waals surface area contributed by atoms with Crippen LogP contribution in [-0.4, -0.2) is 38.7 Å². The van der Waals surface area contributed by atoms with Gasteiger partial charge in [0.1, 0.15) is 0 Å². The maximum atomic E-state index is 10.9. The van der Waals surface area contributed by atoms with Crippen molar-refractivity contribution in [3.8, 4) is 0 Å². The molecule has 0 saturated heterocycles. The van der Waals surface area contributed by atoms with Crippen LogP contribution in [0.15, 0.2) is 12.2 Å². The molecule has 6 heteroatoms. The Hall–Kier alpha value is -0.950. The van der Waals surface area contributed by atoms with Gasteiger partial charge in [-0.15, -0.1) is 0 Å². The molecule has 0 bridgehead atoms. The van der Waals surface area contributed by atoms with Gasteiger partial charge in [0, 0.05) is 18.4 Å². The number of esters is 1. The van der Waals surface area contributed by atoms with Gasteiger partial charge in [0.2, 0.25) is 6.29 Å². The van der Waals surface area contributed by atoms with Crippen molar-refractivity contribution in [2.45, 2.75) is 38.4 Å². The van der Waals surface area contributed by atoms with Gasteiger partial charge in [-0.1, -0.05) is 6.58 Å². The van der Waals surface area contributed by atoms with Gasteiger partial charge in [-0.2, -0.15) is 0 Å². The minimum absolute atomic E-state index is 0.00243. The Morgan fingerprint density at radius 2 is 2.00 bits per heavy atom. The molecule has 0 spiro atoms. The molecule has 0 saturated carbocycles. The van der Waals surface area contributed by atoms with Gasteiger partial charge in [0.25, 0.3) is 5.97 Å². The molecular formula is C9H16O6.